The van der Waals surface area contributed by atoms with Crippen LogP contribution in [0.2, 0.25) is 0 Å². The Morgan fingerprint density at radius 3 is 2.63 bits per heavy atom. The van der Waals surface area contributed by atoms with Gasteiger partial charge in [-0.05, 0) is 30.5 Å². The molecule has 0 saturated carbocycles. The molecule has 1 atom stereocenters. The molecule has 0 N–H and O–H groups in total. The number of amides is 3. The zero-order valence-corrected chi connectivity index (χ0v) is 10.4. The maximum absolute atomic E-state index is 12.1. The van der Waals surface area contributed by atoms with Crippen molar-refractivity contribution in [2.24, 2.45) is 0 Å². The highest BCUT2D eigenvalue weighted by Crippen LogP contribution is 2.28. The second-order valence-electron chi connectivity index (χ2n) is 4.87. The summed E-state index contributed by atoms with van der Waals surface area (Å²) in [6, 6.07) is 8.57. The van der Waals surface area contributed by atoms with Crippen molar-refractivity contribution in [3.63, 3.8) is 0 Å². The molecule has 1 aromatic rings. The number of carbonyl (C=O) groups excluding carboxylic acids is 2. The van der Waals surface area contributed by atoms with Crippen LogP contribution in [0.1, 0.15) is 24.0 Å². The SMILES string of the molecule is N#Cc1ccc(CN2C(=O)[C@H]3CCCN3C2=O)cc1. The van der Waals surface area contributed by atoms with Crippen LogP contribution in [-0.4, -0.2) is 34.3 Å². The molecule has 0 aromatic heterocycles. The number of imide groups is 1. The lowest BCUT2D eigenvalue weighted by atomic mass is 10.1. The maximum atomic E-state index is 12.1. The van der Waals surface area contributed by atoms with Crippen LogP contribution >= 0.6 is 0 Å². The van der Waals surface area contributed by atoms with Crippen LogP contribution in [0.5, 0.6) is 0 Å². The van der Waals surface area contributed by atoms with Crippen molar-refractivity contribution < 1.29 is 9.59 Å². The fraction of sp³-hybridized carbons (Fsp3) is 0.357. The summed E-state index contributed by atoms with van der Waals surface area (Å²) in [6.07, 6.45) is 1.68. The van der Waals surface area contributed by atoms with Crippen molar-refractivity contribution in [1.29, 1.82) is 5.26 Å². The molecule has 5 heteroatoms. The molecule has 2 saturated heterocycles. The summed E-state index contributed by atoms with van der Waals surface area (Å²) < 4.78 is 0. The van der Waals surface area contributed by atoms with E-state index in [1.165, 1.54) is 4.90 Å². The van der Waals surface area contributed by atoms with Crippen LogP contribution < -0.4 is 0 Å². The Bertz CT molecular complexity index is 551. The zero-order chi connectivity index (χ0) is 13.4. The number of nitrogens with zero attached hydrogens (tertiary/aromatic N) is 3. The van der Waals surface area contributed by atoms with E-state index >= 15 is 0 Å². The first-order chi connectivity index (χ1) is 9.20. The van der Waals surface area contributed by atoms with Gasteiger partial charge in [0.1, 0.15) is 6.04 Å². The predicted octanol–water partition coefficient (Wildman–Crippen LogP) is 1.48. The van der Waals surface area contributed by atoms with E-state index in [9.17, 15) is 9.59 Å². The Kier molecular flexibility index (Phi) is 2.71. The summed E-state index contributed by atoms with van der Waals surface area (Å²) in [5, 5.41) is 8.73. The van der Waals surface area contributed by atoms with Crippen molar-refractivity contribution in [3.8, 4) is 6.07 Å². The van der Waals surface area contributed by atoms with Gasteiger partial charge in [0.25, 0.3) is 5.91 Å². The smallest absolute Gasteiger partial charge is 0.312 e. The van der Waals surface area contributed by atoms with E-state index in [-0.39, 0.29) is 24.5 Å². The molecule has 0 radical (unpaired) electrons. The molecule has 96 valence electrons. The van der Waals surface area contributed by atoms with Crippen molar-refractivity contribution in [1.82, 2.24) is 9.80 Å². The summed E-state index contributed by atoms with van der Waals surface area (Å²) in [7, 11) is 0. The van der Waals surface area contributed by atoms with E-state index in [1.807, 2.05) is 6.07 Å². The highest BCUT2D eigenvalue weighted by atomic mass is 16.2. The summed E-state index contributed by atoms with van der Waals surface area (Å²) in [6.45, 7) is 0.968. The molecule has 0 unspecified atom stereocenters. The molecular weight excluding hydrogens is 242 g/mol. The van der Waals surface area contributed by atoms with Gasteiger partial charge in [0, 0.05) is 6.54 Å². The van der Waals surface area contributed by atoms with Gasteiger partial charge >= 0.3 is 6.03 Å². The third kappa shape index (κ3) is 1.85. The monoisotopic (exact) mass is 255 g/mol. The standard InChI is InChI=1S/C14H13N3O2/c15-8-10-3-5-11(6-4-10)9-17-13(18)12-2-1-7-16(12)14(17)19/h3-6,12H,1-2,7,9H2/t12-/m1/s1. The molecule has 2 aliphatic heterocycles. The largest absolute Gasteiger partial charge is 0.327 e. The van der Waals surface area contributed by atoms with Crippen LogP contribution in [0.15, 0.2) is 24.3 Å². The molecule has 1 aromatic carbocycles. The summed E-state index contributed by atoms with van der Waals surface area (Å²) in [5.41, 5.74) is 1.44. The molecule has 0 spiro atoms. The number of urea groups is 1. The van der Waals surface area contributed by atoms with Gasteiger partial charge in [-0.15, -0.1) is 0 Å². The van der Waals surface area contributed by atoms with E-state index in [0.717, 1.165) is 18.4 Å². The Morgan fingerprint density at radius 1 is 1.26 bits per heavy atom. The van der Waals surface area contributed by atoms with Crippen molar-refractivity contribution in [3.05, 3.63) is 35.4 Å². The van der Waals surface area contributed by atoms with Gasteiger partial charge in [-0.2, -0.15) is 5.26 Å². The number of benzene rings is 1. The summed E-state index contributed by atoms with van der Waals surface area (Å²) >= 11 is 0. The molecule has 5 nitrogen and oxygen atoms in total. The first-order valence-corrected chi connectivity index (χ1v) is 6.32. The van der Waals surface area contributed by atoms with Gasteiger partial charge in [-0.1, -0.05) is 12.1 Å². The maximum Gasteiger partial charge on any atom is 0.327 e. The minimum Gasteiger partial charge on any atom is -0.312 e. The van der Waals surface area contributed by atoms with Crippen LogP contribution in [0.4, 0.5) is 4.79 Å². The third-order valence-corrected chi connectivity index (χ3v) is 3.70. The molecule has 2 heterocycles. The van der Waals surface area contributed by atoms with Gasteiger partial charge in [0.2, 0.25) is 0 Å². The molecule has 0 bridgehead atoms. The molecule has 0 aliphatic carbocycles. The third-order valence-electron chi connectivity index (χ3n) is 3.70. The molecular formula is C14H13N3O2. The number of fused-ring (bicyclic) bond motifs is 1. The Labute approximate surface area is 111 Å². The van der Waals surface area contributed by atoms with E-state index in [2.05, 4.69) is 0 Å². The highest BCUT2D eigenvalue weighted by Gasteiger charge is 2.47. The van der Waals surface area contributed by atoms with Gasteiger partial charge < -0.3 is 4.90 Å². The topological polar surface area (TPSA) is 64.4 Å². The number of rotatable bonds is 2. The van der Waals surface area contributed by atoms with Crippen LogP contribution in [-0.2, 0) is 11.3 Å². The van der Waals surface area contributed by atoms with Crippen molar-refractivity contribution in [2.45, 2.75) is 25.4 Å². The molecule has 2 aliphatic rings. The lowest BCUT2D eigenvalue weighted by molar-refractivity contribution is -0.128. The minimum atomic E-state index is -0.245. The van der Waals surface area contributed by atoms with Gasteiger partial charge in [0.15, 0.2) is 0 Å². The number of carbonyl (C=O) groups is 2. The number of nitriles is 1. The average molecular weight is 255 g/mol. The summed E-state index contributed by atoms with van der Waals surface area (Å²) in [4.78, 5) is 27.2. The fourth-order valence-electron chi connectivity index (χ4n) is 2.69. The van der Waals surface area contributed by atoms with E-state index < -0.39 is 0 Å². The quantitative estimate of drug-likeness (QED) is 0.752. The second-order valence-corrected chi connectivity index (χ2v) is 4.87. The Balaban J connectivity index is 1.78. The normalized spacial score (nSPS) is 21.7. The summed E-state index contributed by atoms with van der Waals surface area (Å²) in [5.74, 6) is -0.0909. The lowest BCUT2D eigenvalue weighted by Gasteiger charge is -2.15. The van der Waals surface area contributed by atoms with E-state index in [1.54, 1.807) is 29.2 Å². The lowest BCUT2D eigenvalue weighted by Crippen LogP contribution is -2.32. The first-order valence-electron chi connectivity index (χ1n) is 6.32. The van der Waals surface area contributed by atoms with Crippen LogP contribution in [0.3, 0.4) is 0 Å². The average Bonchev–Trinajstić information content (AvgIpc) is 3.00. The Morgan fingerprint density at radius 2 is 2.00 bits per heavy atom. The van der Waals surface area contributed by atoms with Crippen LogP contribution in [0.25, 0.3) is 0 Å². The van der Waals surface area contributed by atoms with Gasteiger partial charge in [-0.25, -0.2) is 4.79 Å². The Hall–Kier alpha value is -2.35. The van der Waals surface area contributed by atoms with E-state index in [4.69, 9.17) is 5.26 Å². The van der Waals surface area contributed by atoms with Gasteiger partial charge in [0.05, 0.1) is 18.2 Å². The van der Waals surface area contributed by atoms with Crippen molar-refractivity contribution >= 4 is 11.9 Å². The zero-order valence-electron chi connectivity index (χ0n) is 10.4. The molecule has 2 fully saturated rings. The second kappa shape index (κ2) is 4.39. The predicted molar refractivity (Wildman–Crippen MR) is 66.8 cm³/mol. The number of hydrogen-bond acceptors (Lipinski definition) is 3. The van der Waals surface area contributed by atoms with E-state index in [0.29, 0.717) is 12.1 Å². The highest BCUT2D eigenvalue weighted by molar-refractivity contribution is 6.04. The number of hydrogen-bond donors (Lipinski definition) is 0. The fourth-order valence-corrected chi connectivity index (χ4v) is 2.69. The molecule has 3 amide bonds. The molecule has 3 rings (SSSR count). The minimum absolute atomic E-state index is 0.0909. The molecule has 19 heavy (non-hydrogen) atoms. The van der Waals surface area contributed by atoms with Crippen LogP contribution in [0, 0.1) is 11.3 Å². The van der Waals surface area contributed by atoms with Crippen molar-refractivity contribution in [2.75, 3.05) is 6.54 Å². The van der Waals surface area contributed by atoms with Gasteiger partial charge in [-0.3, -0.25) is 9.69 Å². The first kappa shape index (κ1) is 11.7.